The van der Waals surface area contributed by atoms with Gasteiger partial charge in [0.25, 0.3) is 16.8 Å². The highest BCUT2D eigenvalue weighted by atomic mass is 35.5. The first-order valence-corrected chi connectivity index (χ1v) is 11.6. The fourth-order valence-electron chi connectivity index (χ4n) is 3.35. The third kappa shape index (κ3) is 5.24. The van der Waals surface area contributed by atoms with Crippen molar-refractivity contribution in [2.45, 2.75) is 23.4 Å². The Morgan fingerprint density at radius 2 is 1.92 bits per heavy atom. The number of nitro groups is 1. The first-order valence-electron chi connectivity index (χ1n) is 9.85. The van der Waals surface area contributed by atoms with Gasteiger partial charge in [-0.2, -0.15) is 18.3 Å². The molecule has 188 valence electrons. The number of aromatic nitrogens is 2. The lowest BCUT2D eigenvalue weighted by Crippen LogP contribution is -2.49. The van der Waals surface area contributed by atoms with Crippen LogP contribution < -0.4 is 10.7 Å². The highest BCUT2D eigenvalue weighted by Gasteiger charge is 2.60. The normalized spacial score (nSPS) is 17.4. The van der Waals surface area contributed by atoms with Crippen LogP contribution in [0.1, 0.15) is 17.9 Å². The number of carbonyl (C=O) groups excluding carboxylic acids is 1. The number of benzene rings is 2. The van der Waals surface area contributed by atoms with Gasteiger partial charge < -0.3 is 9.73 Å². The summed E-state index contributed by atoms with van der Waals surface area (Å²) in [6.45, 7) is 0. The largest absolute Gasteiger partial charge is 0.417 e. The number of thioether (sulfide) groups is 1. The lowest BCUT2D eigenvalue weighted by Gasteiger charge is -2.31. The van der Waals surface area contributed by atoms with Gasteiger partial charge in [-0.25, -0.2) is 0 Å². The van der Waals surface area contributed by atoms with Gasteiger partial charge in [-0.15, -0.1) is 10.2 Å². The highest BCUT2D eigenvalue weighted by Crippen LogP contribution is 2.46. The van der Waals surface area contributed by atoms with Gasteiger partial charge in [0.2, 0.25) is 5.91 Å². The van der Waals surface area contributed by atoms with Crippen molar-refractivity contribution in [2.24, 2.45) is 5.10 Å². The Balaban J connectivity index is 1.45. The zero-order valence-corrected chi connectivity index (χ0v) is 20.0. The second kappa shape index (κ2) is 9.95. The van der Waals surface area contributed by atoms with Crippen molar-refractivity contribution in [1.82, 2.24) is 15.6 Å². The SMILES string of the molecule is O=C(CSc1nnc(C2=NNC(c3cc(Cl)cc(Cl)c3)(C(F)(F)F)C2)o1)Nc1ccccc1[N+](=O)[O-]. The number of alkyl halides is 3. The molecule has 2 N–H and O–H groups in total. The molecule has 36 heavy (non-hydrogen) atoms. The molecule has 3 aromatic rings. The minimum Gasteiger partial charge on any atom is -0.410 e. The van der Waals surface area contributed by atoms with E-state index in [0.717, 1.165) is 23.9 Å². The maximum atomic E-state index is 14.1. The second-order valence-electron chi connectivity index (χ2n) is 7.39. The Kier molecular flexibility index (Phi) is 7.11. The Hall–Kier alpha value is -3.36. The van der Waals surface area contributed by atoms with Crippen molar-refractivity contribution in [2.75, 3.05) is 11.1 Å². The number of hydrogen-bond donors (Lipinski definition) is 2. The summed E-state index contributed by atoms with van der Waals surface area (Å²) in [5, 5.41) is 24.6. The first kappa shape index (κ1) is 25.7. The molecule has 1 atom stereocenters. The van der Waals surface area contributed by atoms with Crippen LogP contribution in [-0.2, 0) is 10.3 Å². The maximum Gasteiger partial charge on any atom is 0.417 e. The summed E-state index contributed by atoms with van der Waals surface area (Å²) >= 11 is 12.6. The standard InChI is InChI=1S/C20H13Cl2F3N6O4S/c21-11-5-10(6-12(22)7-11)19(20(23,24)25)8-14(27-30-19)17-28-29-18(35-17)36-9-16(32)26-13-3-1-2-4-15(13)31(33)34/h1-7,30H,8-9H2,(H,26,32). The van der Waals surface area contributed by atoms with Gasteiger partial charge in [0.05, 0.1) is 10.7 Å². The molecule has 4 rings (SSSR count). The van der Waals surface area contributed by atoms with Crippen molar-refractivity contribution in [3.05, 3.63) is 74.1 Å². The summed E-state index contributed by atoms with van der Waals surface area (Å²) < 4.78 is 47.8. The van der Waals surface area contributed by atoms with Crippen LogP contribution in [-0.4, -0.2) is 38.7 Å². The van der Waals surface area contributed by atoms with Crippen molar-refractivity contribution < 1.29 is 27.3 Å². The van der Waals surface area contributed by atoms with Crippen LogP contribution in [0, 0.1) is 10.1 Å². The molecule has 0 aliphatic carbocycles. The van der Waals surface area contributed by atoms with E-state index in [-0.39, 0.29) is 49.6 Å². The number of amides is 1. The molecule has 0 saturated carbocycles. The topological polar surface area (TPSA) is 136 Å². The zero-order valence-electron chi connectivity index (χ0n) is 17.7. The third-order valence-corrected chi connectivity index (χ3v) is 6.26. The maximum absolute atomic E-state index is 14.1. The van der Waals surface area contributed by atoms with E-state index in [1.54, 1.807) is 0 Å². The Morgan fingerprint density at radius 1 is 1.22 bits per heavy atom. The average molecular weight is 561 g/mol. The number of para-hydroxylation sites is 2. The van der Waals surface area contributed by atoms with Gasteiger partial charge in [-0.1, -0.05) is 47.1 Å². The lowest BCUT2D eigenvalue weighted by atomic mass is 9.85. The van der Waals surface area contributed by atoms with Crippen LogP contribution >= 0.6 is 35.0 Å². The number of hydrazone groups is 1. The predicted octanol–water partition coefficient (Wildman–Crippen LogP) is 5.17. The van der Waals surface area contributed by atoms with Crippen molar-refractivity contribution in [1.29, 1.82) is 0 Å². The van der Waals surface area contributed by atoms with Gasteiger partial charge in [0, 0.05) is 22.5 Å². The molecule has 0 saturated heterocycles. The van der Waals surface area contributed by atoms with Crippen LogP contribution in [0.4, 0.5) is 24.5 Å². The van der Waals surface area contributed by atoms with Crippen LogP contribution in [0.25, 0.3) is 0 Å². The summed E-state index contributed by atoms with van der Waals surface area (Å²) in [6.07, 6.45) is -5.47. The molecule has 2 aromatic carbocycles. The third-order valence-electron chi connectivity index (χ3n) is 5.01. The van der Waals surface area contributed by atoms with Gasteiger partial charge in [-0.05, 0) is 29.8 Å². The molecular weight excluding hydrogens is 548 g/mol. The molecule has 0 radical (unpaired) electrons. The molecule has 1 aromatic heterocycles. The number of nitrogens with zero attached hydrogens (tertiary/aromatic N) is 4. The molecule has 0 fully saturated rings. The fraction of sp³-hybridized carbons (Fsp3) is 0.200. The molecule has 2 heterocycles. The van der Waals surface area contributed by atoms with E-state index in [1.807, 2.05) is 0 Å². The number of nitro benzene ring substituents is 1. The van der Waals surface area contributed by atoms with Gasteiger partial charge in [-0.3, -0.25) is 20.3 Å². The molecule has 1 aliphatic rings. The van der Waals surface area contributed by atoms with E-state index in [9.17, 15) is 28.1 Å². The lowest BCUT2D eigenvalue weighted by molar-refractivity contribution is -0.383. The molecule has 1 amide bonds. The van der Waals surface area contributed by atoms with E-state index < -0.39 is 29.0 Å². The number of anilines is 1. The quantitative estimate of drug-likeness (QED) is 0.229. The minimum absolute atomic E-state index is 0.00955. The van der Waals surface area contributed by atoms with Gasteiger partial charge in [0.1, 0.15) is 11.4 Å². The van der Waals surface area contributed by atoms with E-state index in [1.165, 1.54) is 30.3 Å². The van der Waals surface area contributed by atoms with Crippen molar-refractivity contribution in [3.8, 4) is 0 Å². The van der Waals surface area contributed by atoms with Crippen molar-refractivity contribution >= 4 is 58.0 Å². The first-order chi connectivity index (χ1) is 17.0. The molecule has 0 spiro atoms. The zero-order chi connectivity index (χ0) is 26.1. The highest BCUT2D eigenvalue weighted by molar-refractivity contribution is 7.99. The number of hydrogen-bond acceptors (Lipinski definition) is 9. The summed E-state index contributed by atoms with van der Waals surface area (Å²) in [5.41, 5.74) is -1.17. The smallest absolute Gasteiger partial charge is 0.410 e. The van der Waals surface area contributed by atoms with Crippen molar-refractivity contribution in [3.63, 3.8) is 0 Å². The predicted molar refractivity (Wildman–Crippen MR) is 125 cm³/mol. The monoisotopic (exact) mass is 560 g/mol. The molecular formula is C20H13Cl2F3N6O4S. The molecule has 1 aliphatic heterocycles. The van der Waals surface area contributed by atoms with Crippen LogP contribution in [0.2, 0.25) is 10.0 Å². The minimum atomic E-state index is -4.79. The van der Waals surface area contributed by atoms with E-state index >= 15 is 0 Å². The van der Waals surface area contributed by atoms with Crippen LogP contribution in [0.3, 0.4) is 0 Å². The summed E-state index contributed by atoms with van der Waals surface area (Å²) in [6, 6.07) is 9.17. The van der Waals surface area contributed by atoms with Gasteiger partial charge in [0.15, 0.2) is 5.54 Å². The molecule has 16 heteroatoms. The Morgan fingerprint density at radius 3 is 2.58 bits per heavy atom. The van der Waals surface area contributed by atoms with Gasteiger partial charge >= 0.3 is 6.18 Å². The molecule has 10 nitrogen and oxygen atoms in total. The fourth-order valence-corrected chi connectivity index (χ4v) is 4.44. The average Bonchev–Trinajstić information content (AvgIpc) is 3.45. The van der Waals surface area contributed by atoms with Crippen LogP contribution in [0.5, 0.6) is 0 Å². The van der Waals surface area contributed by atoms with Crippen LogP contribution in [0.15, 0.2) is 57.2 Å². The van der Waals surface area contributed by atoms with E-state index in [0.29, 0.717) is 0 Å². The Bertz CT molecular complexity index is 1350. The number of nitrogens with one attached hydrogen (secondary N) is 2. The summed E-state index contributed by atoms with van der Waals surface area (Å²) in [5.74, 6) is -1.13. The number of halogens is 5. The summed E-state index contributed by atoms with van der Waals surface area (Å²) in [4.78, 5) is 22.6. The van der Waals surface area contributed by atoms with E-state index in [2.05, 4.69) is 26.0 Å². The van der Waals surface area contributed by atoms with E-state index in [4.69, 9.17) is 27.6 Å². The number of rotatable bonds is 7. The second-order valence-corrected chi connectivity index (χ2v) is 9.19. The summed E-state index contributed by atoms with van der Waals surface area (Å²) in [7, 11) is 0. The molecule has 1 unspecified atom stereocenters. The molecule has 0 bridgehead atoms. The number of carbonyl (C=O) groups is 1. The Labute approximate surface area is 214 Å².